The molecule has 0 spiro atoms. The molecule has 4 nitrogen and oxygen atoms in total. The quantitative estimate of drug-likeness (QED) is 0.0460. The molecule has 0 unspecified atom stereocenters. The first-order chi connectivity index (χ1) is 25.9. The van der Waals surface area contributed by atoms with E-state index in [0.29, 0.717) is 26.1 Å². The van der Waals surface area contributed by atoms with Gasteiger partial charge < -0.3 is 9.47 Å². The van der Waals surface area contributed by atoms with Gasteiger partial charge in [-0.25, -0.2) is 0 Å². The van der Waals surface area contributed by atoms with Crippen molar-refractivity contribution >= 4 is 11.9 Å². The molecule has 0 N–H and O–H groups in total. The molecule has 0 amide bonds. The van der Waals surface area contributed by atoms with Crippen molar-refractivity contribution in [3.8, 4) is 0 Å². The van der Waals surface area contributed by atoms with E-state index in [2.05, 4.69) is 13.8 Å². The maximum atomic E-state index is 12.3. The highest BCUT2D eigenvalue weighted by atomic mass is 16.5. The second-order valence-corrected chi connectivity index (χ2v) is 17.7. The highest BCUT2D eigenvalue weighted by Crippen LogP contribution is 2.19. The Kier molecular flexibility index (Phi) is 41.2. The molecule has 316 valence electrons. The fourth-order valence-electron chi connectivity index (χ4n) is 7.43. The minimum absolute atomic E-state index is 0.120. The van der Waals surface area contributed by atoms with Crippen LogP contribution in [0.3, 0.4) is 0 Å². The summed E-state index contributed by atoms with van der Waals surface area (Å²) in [5, 5.41) is 0. The van der Waals surface area contributed by atoms with Crippen molar-refractivity contribution in [3.05, 3.63) is 0 Å². The van der Waals surface area contributed by atoms with Crippen LogP contribution >= 0.6 is 0 Å². The van der Waals surface area contributed by atoms with E-state index >= 15 is 0 Å². The lowest BCUT2D eigenvalue weighted by Crippen LogP contribution is -2.28. The first-order valence-electron chi connectivity index (χ1n) is 24.2. The van der Waals surface area contributed by atoms with Gasteiger partial charge in [0, 0.05) is 18.3 Å². The molecule has 0 radical (unpaired) electrons. The number of carbonyl (C=O) groups excluding carboxylic acids is 2. The molecule has 0 aromatic heterocycles. The topological polar surface area (TPSA) is 52.6 Å². The lowest BCUT2D eigenvalue weighted by Gasteiger charge is -2.23. The number of rotatable bonds is 44. The molecule has 53 heavy (non-hydrogen) atoms. The number of ether oxygens (including phenoxy) is 2. The van der Waals surface area contributed by atoms with Gasteiger partial charge in [-0.1, -0.05) is 259 Å². The van der Waals surface area contributed by atoms with Gasteiger partial charge >= 0.3 is 11.9 Å². The fourth-order valence-corrected chi connectivity index (χ4v) is 7.43. The normalized spacial score (nSPS) is 11.7. The Morgan fingerprint density at radius 2 is 0.472 bits per heavy atom. The van der Waals surface area contributed by atoms with E-state index in [4.69, 9.17) is 9.47 Å². The summed E-state index contributed by atoms with van der Waals surface area (Å²) >= 11 is 0. The third-order valence-corrected chi connectivity index (χ3v) is 11.2. The summed E-state index contributed by atoms with van der Waals surface area (Å²) in [7, 11) is 0. The maximum absolute atomic E-state index is 12.3. The van der Waals surface area contributed by atoms with Gasteiger partial charge in [0.2, 0.25) is 0 Å². The first kappa shape index (κ1) is 51.9. The van der Waals surface area contributed by atoms with Gasteiger partial charge in [-0.2, -0.15) is 0 Å². The van der Waals surface area contributed by atoms with Crippen LogP contribution in [-0.4, -0.2) is 25.2 Å². The fraction of sp³-hybridized carbons (Fsp3) is 0.959. The summed E-state index contributed by atoms with van der Waals surface area (Å²) in [6.07, 6.45) is 52.3. The van der Waals surface area contributed by atoms with Crippen molar-refractivity contribution in [1.29, 1.82) is 0 Å². The van der Waals surface area contributed by atoms with Crippen LogP contribution in [0.1, 0.15) is 285 Å². The molecule has 0 aromatic rings. The van der Waals surface area contributed by atoms with Crippen LogP contribution < -0.4 is 0 Å². The lowest BCUT2D eigenvalue weighted by atomic mass is 9.96. The van der Waals surface area contributed by atoms with Crippen LogP contribution in [0, 0.1) is 5.41 Å². The lowest BCUT2D eigenvalue weighted by molar-refractivity contribution is -0.152. The summed E-state index contributed by atoms with van der Waals surface area (Å²) in [4.78, 5) is 24.6. The summed E-state index contributed by atoms with van der Waals surface area (Å²) in [5.41, 5.74) is -0.355. The Hall–Kier alpha value is -1.06. The Balaban J connectivity index is 3.44. The van der Waals surface area contributed by atoms with Crippen LogP contribution in [0.25, 0.3) is 0 Å². The van der Waals surface area contributed by atoms with Crippen molar-refractivity contribution in [2.75, 3.05) is 13.2 Å². The summed E-state index contributed by atoms with van der Waals surface area (Å²) in [6.45, 7) is 9.19. The Bertz CT molecular complexity index is 687. The summed E-state index contributed by atoms with van der Waals surface area (Å²) in [5.74, 6) is -0.240. The van der Waals surface area contributed by atoms with E-state index in [1.54, 1.807) is 0 Å². The minimum Gasteiger partial charge on any atom is -0.465 e. The van der Waals surface area contributed by atoms with Crippen molar-refractivity contribution in [1.82, 2.24) is 0 Å². The molecule has 0 aliphatic heterocycles. The van der Waals surface area contributed by atoms with Gasteiger partial charge in [0.1, 0.15) is 0 Å². The molecule has 0 aromatic carbocycles. The van der Waals surface area contributed by atoms with E-state index in [0.717, 1.165) is 25.7 Å². The number of esters is 2. The molecular formula is C49H96O4. The molecule has 0 saturated carbocycles. The number of hydrogen-bond acceptors (Lipinski definition) is 4. The molecule has 0 heterocycles. The Morgan fingerprint density at radius 1 is 0.302 bits per heavy atom. The molecule has 0 rings (SSSR count). The summed E-state index contributed by atoms with van der Waals surface area (Å²) in [6, 6.07) is 0. The highest BCUT2D eigenvalue weighted by molar-refractivity contribution is 5.69. The monoisotopic (exact) mass is 749 g/mol. The summed E-state index contributed by atoms with van der Waals surface area (Å²) < 4.78 is 11.1. The smallest absolute Gasteiger partial charge is 0.305 e. The Morgan fingerprint density at radius 3 is 0.660 bits per heavy atom. The van der Waals surface area contributed by atoms with E-state index in [9.17, 15) is 9.59 Å². The zero-order chi connectivity index (χ0) is 38.8. The largest absolute Gasteiger partial charge is 0.465 e. The molecule has 0 saturated heterocycles. The Labute approximate surface area is 333 Å². The predicted octanol–water partition coefficient (Wildman–Crippen LogP) is 16.7. The molecule has 4 heteroatoms. The zero-order valence-electron chi connectivity index (χ0n) is 36.8. The minimum atomic E-state index is -0.355. The zero-order valence-corrected chi connectivity index (χ0v) is 36.8. The van der Waals surface area contributed by atoms with E-state index < -0.39 is 0 Å². The SMILES string of the molecule is CCCCCCCCCCCCCCCCCCCCCC(=O)OCC(C)(C)COC(=O)CCCCCCCCCCCCCCCCCCCCC. The third kappa shape index (κ3) is 43.5. The van der Waals surface area contributed by atoms with Gasteiger partial charge in [-0.3, -0.25) is 9.59 Å². The first-order valence-corrected chi connectivity index (χ1v) is 24.2. The van der Waals surface area contributed by atoms with Crippen molar-refractivity contribution in [2.45, 2.75) is 285 Å². The second kappa shape index (κ2) is 42.1. The molecule has 0 fully saturated rings. The predicted molar refractivity (Wildman–Crippen MR) is 232 cm³/mol. The van der Waals surface area contributed by atoms with Gasteiger partial charge in [-0.15, -0.1) is 0 Å². The maximum Gasteiger partial charge on any atom is 0.305 e. The molecular weight excluding hydrogens is 653 g/mol. The van der Waals surface area contributed by atoms with Crippen molar-refractivity contribution in [3.63, 3.8) is 0 Å². The third-order valence-electron chi connectivity index (χ3n) is 11.2. The van der Waals surface area contributed by atoms with Crippen LogP contribution in [0.5, 0.6) is 0 Å². The van der Waals surface area contributed by atoms with Crippen LogP contribution in [-0.2, 0) is 19.1 Å². The van der Waals surface area contributed by atoms with Crippen LogP contribution in [0.2, 0.25) is 0 Å². The molecule has 0 aliphatic carbocycles. The van der Waals surface area contributed by atoms with Gasteiger partial charge in [-0.05, 0) is 12.8 Å². The van der Waals surface area contributed by atoms with E-state index in [-0.39, 0.29) is 17.4 Å². The molecule has 0 aliphatic rings. The molecule has 0 atom stereocenters. The van der Waals surface area contributed by atoms with Crippen molar-refractivity contribution in [2.24, 2.45) is 5.41 Å². The van der Waals surface area contributed by atoms with Gasteiger partial charge in [0.05, 0.1) is 13.2 Å². The van der Waals surface area contributed by atoms with E-state index in [1.807, 2.05) is 13.8 Å². The number of carbonyl (C=O) groups is 2. The van der Waals surface area contributed by atoms with Crippen LogP contribution in [0.4, 0.5) is 0 Å². The van der Waals surface area contributed by atoms with E-state index in [1.165, 1.54) is 218 Å². The number of unbranched alkanes of at least 4 members (excludes halogenated alkanes) is 36. The van der Waals surface area contributed by atoms with Gasteiger partial charge in [0.15, 0.2) is 0 Å². The number of hydrogen-bond donors (Lipinski definition) is 0. The van der Waals surface area contributed by atoms with Gasteiger partial charge in [0.25, 0.3) is 0 Å². The second-order valence-electron chi connectivity index (χ2n) is 17.7. The average Bonchev–Trinajstić information content (AvgIpc) is 3.15. The van der Waals surface area contributed by atoms with Crippen molar-refractivity contribution < 1.29 is 19.1 Å². The average molecular weight is 749 g/mol. The van der Waals surface area contributed by atoms with Crippen LogP contribution in [0.15, 0.2) is 0 Å². The standard InChI is InChI=1S/C49H96O4/c1-5-7-9-11-13-15-17-19-21-23-25-27-29-31-33-35-37-39-41-43-47(50)52-45-49(3,4)46-53-48(51)44-42-40-38-36-34-32-30-28-26-24-22-20-18-16-14-12-10-8-6-2/h5-46H2,1-4H3. The molecule has 0 bridgehead atoms. The highest BCUT2D eigenvalue weighted by Gasteiger charge is 2.22.